The quantitative estimate of drug-likeness (QED) is 0.199. The van der Waals surface area contributed by atoms with Crippen molar-refractivity contribution in [3.8, 4) is 33.4 Å². The molecule has 2 heterocycles. The molecular weight excluding hydrogens is 571 g/mol. The van der Waals surface area contributed by atoms with E-state index in [9.17, 15) is 0 Å². The predicted molar refractivity (Wildman–Crippen MR) is 197 cm³/mol. The number of benzene rings is 7. The molecule has 0 saturated carbocycles. The summed E-state index contributed by atoms with van der Waals surface area (Å²) < 4.78 is 6.15. The monoisotopic (exact) mass is 603 g/mol. The molecule has 8 aromatic rings. The number of nitrogens with zero attached hydrogens (tertiary/aromatic N) is 1. The minimum absolute atomic E-state index is 0.238. The summed E-state index contributed by atoms with van der Waals surface area (Å²) in [4.78, 5) is 2.44. The molecule has 0 fully saturated rings. The van der Waals surface area contributed by atoms with Gasteiger partial charge in [0.05, 0.1) is 11.4 Å². The molecule has 0 aliphatic carbocycles. The number of furan rings is 1. The van der Waals surface area contributed by atoms with Gasteiger partial charge in [0.25, 0.3) is 0 Å². The van der Waals surface area contributed by atoms with Crippen molar-refractivity contribution in [2.45, 2.75) is 19.3 Å². The van der Waals surface area contributed by atoms with Gasteiger partial charge in [-0.3, -0.25) is 0 Å². The zero-order chi connectivity index (χ0) is 31.5. The van der Waals surface area contributed by atoms with Crippen molar-refractivity contribution in [2.75, 3.05) is 4.90 Å². The van der Waals surface area contributed by atoms with Crippen molar-refractivity contribution >= 4 is 39.0 Å². The second-order valence-corrected chi connectivity index (χ2v) is 13.0. The number of rotatable bonds is 4. The van der Waals surface area contributed by atoms with Crippen LogP contribution in [0.1, 0.15) is 25.0 Å². The number of hydrogen-bond donors (Lipinski definition) is 0. The van der Waals surface area contributed by atoms with Crippen molar-refractivity contribution in [2.24, 2.45) is 0 Å². The van der Waals surface area contributed by atoms with E-state index in [2.05, 4.69) is 170 Å². The molecule has 2 nitrogen and oxygen atoms in total. The Morgan fingerprint density at radius 3 is 1.53 bits per heavy atom. The minimum Gasteiger partial charge on any atom is -0.456 e. The van der Waals surface area contributed by atoms with Crippen LogP contribution in [0, 0.1) is 0 Å². The van der Waals surface area contributed by atoms with Gasteiger partial charge >= 0.3 is 0 Å². The van der Waals surface area contributed by atoms with Gasteiger partial charge in [0.15, 0.2) is 0 Å². The molecule has 0 bridgehead atoms. The largest absolute Gasteiger partial charge is 0.456 e. The first kappa shape index (κ1) is 27.5. The van der Waals surface area contributed by atoms with Crippen LogP contribution in [0.25, 0.3) is 55.3 Å². The van der Waals surface area contributed by atoms with Gasteiger partial charge in [0.1, 0.15) is 11.2 Å². The maximum Gasteiger partial charge on any atom is 0.135 e. The van der Waals surface area contributed by atoms with E-state index in [1.807, 2.05) is 12.1 Å². The zero-order valence-electron chi connectivity index (χ0n) is 26.4. The van der Waals surface area contributed by atoms with Crippen LogP contribution in [-0.4, -0.2) is 0 Å². The topological polar surface area (TPSA) is 16.4 Å². The van der Waals surface area contributed by atoms with Crippen LogP contribution in [0.2, 0.25) is 0 Å². The summed E-state index contributed by atoms with van der Waals surface area (Å²) in [5.41, 5.74) is 15.1. The molecule has 7 aromatic carbocycles. The van der Waals surface area contributed by atoms with E-state index in [1.165, 1.54) is 55.9 Å². The van der Waals surface area contributed by atoms with Crippen molar-refractivity contribution in [3.63, 3.8) is 0 Å². The second kappa shape index (κ2) is 10.6. The molecule has 2 heteroatoms. The van der Waals surface area contributed by atoms with E-state index in [0.717, 1.165) is 27.6 Å². The van der Waals surface area contributed by atoms with Crippen molar-refractivity contribution in [3.05, 3.63) is 175 Å². The van der Waals surface area contributed by atoms with Crippen LogP contribution in [0.15, 0.2) is 168 Å². The summed E-state index contributed by atoms with van der Waals surface area (Å²) in [6.07, 6.45) is 0. The van der Waals surface area contributed by atoms with Crippen LogP contribution in [0.4, 0.5) is 17.1 Å². The molecule has 224 valence electrons. The molecule has 0 N–H and O–H groups in total. The van der Waals surface area contributed by atoms with Gasteiger partial charge in [-0.2, -0.15) is 0 Å². The average molecular weight is 604 g/mol. The van der Waals surface area contributed by atoms with Gasteiger partial charge in [-0.05, 0) is 99.1 Å². The van der Waals surface area contributed by atoms with Crippen molar-refractivity contribution < 1.29 is 4.42 Å². The van der Waals surface area contributed by atoms with E-state index < -0.39 is 0 Å². The second-order valence-electron chi connectivity index (χ2n) is 13.0. The molecule has 1 aliphatic heterocycles. The lowest BCUT2D eigenvalue weighted by Gasteiger charge is -2.42. The molecule has 0 saturated heterocycles. The molecule has 0 radical (unpaired) electrons. The fourth-order valence-electron chi connectivity index (χ4n) is 7.35. The smallest absolute Gasteiger partial charge is 0.135 e. The van der Waals surface area contributed by atoms with E-state index in [0.29, 0.717) is 0 Å². The van der Waals surface area contributed by atoms with Gasteiger partial charge in [-0.15, -0.1) is 0 Å². The summed E-state index contributed by atoms with van der Waals surface area (Å²) in [6, 6.07) is 59.1. The highest BCUT2D eigenvalue weighted by molar-refractivity contribution is 6.06. The highest BCUT2D eigenvalue weighted by Gasteiger charge is 2.37. The average Bonchev–Trinajstić information content (AvgIpc) is 3.51. The van der Waals surface area contributed by atoms with Gasteiger partial charge in [0, 0.05) is 21.9 Å². The maximum atomic E-state index is 6.15. The highest BCUT2D eigenvalue weighted by Crippen LogP contribution is 2.53. The molecule has 1 aromatic heterocycles. The normalized spacial score (nSPS) is 13.4. The first-order valence-electron chi connectivity index (χ1n) is 16.3. The number of fused-ring (bicyclic) bond motifs is 5. The zero-order valence-corrected chi connectivity index (χ0v) is 26.4. The number of para-hydroxylation sites is 1. The van der Waals surface area contributed by atoms with E-state index in [4.69, 9.17) is 4.42 Å². The standard InChI is InChI=1S/C45H33NO/c1-45(2)39-28-34(31-13-7-4-8-14-31)19-24-41(39)46(36-22-17-32(18-23-36)30-11-5-3-6-12-30)42-25-20-35(29-40(42)45)33-21-26-44-38(27-33)37-15-9-10-16-43(37)47-44/h3-29H,1-2H3. The lowest BCUT2D eigenvalue weighted by molar-refractivity contribution is 0.632. The molecule has 0 atom stereocenters. The Bertz CT molecular complexity index is 2420. The Morgan fingerprint density at radius 1 is 0.404 bits per heavy atom. The van der Waals surface area contributed by atoms with Crippen LogP contribution in [-0.2, 0) is 5.41 Å². The highest BCUT2D eigenvalue weighted by atomic mass is 16.3. The van der Waals surface area contributed by atoms with Crippen molar-refractivity contribution in [1.82, 2.24) is 0 Å². The van der Waals surface area contributed by atoms with Gasteiger partial charge in [-0.25, -0.2) is 0 Å². The third-order valence-electron chi connectivity index (χ3n) is 9.87. The van der Waals surface area contributed by atoms with Crippen LogP contribution < -0.4 is 4.90 Å². The Balaban J connectivity index is 1.22. The molecule has 0 spiro atoms. The first-order chi connectivity index (χ1) is 23.0. The fraction of sp³-hybridized carbons (Fsp3) is 0.0667. The maximum absolute atomic E-state index is 6.15. The summed E-state index contributed by atoms with van der Waals surface area (Å²) in [5, 5.41) is 2.29. The molecule has 47 heavy (non-hydrogen) atoms. The van der Waals surface area contributed by atoms with Crippen molar-refractivity contribution in [1.29, 1.82) is 0 Å². The summed E-state index contributed by atoms with van der Waals surface area (Å²) in [7, 11) is 0. The predicted octanol–water partition coefficient (Wildman–Crippen LogP) is 12.7. The number of anilines is 3. The fourth-order valence-corrected chi connectivity index (χ4v) is 7.35. The lowest BCUT2D eigenvalue weighted by Crippen LogP contribution is -2.30. The molecule has 9 rings (SSSR count). The Morgan fingerprint density at radius 2 is 0.872 bits per heavy atom. The third-order valence-corrected chi connectivity index (χ3v) is 9.87. The summed E-state index contributed by atoms with van der Waals surface area (Å²) in [6.45, 7) is 4.73. The SMILES string of the molecule is CC1(C)c2cc(-c3ccccc3)ccc2N(c2ccc(-c3ccccc3)cc2)c2ccc(-c3ccc4oc5ccccc5c4c3)cc21. The van der Waals surface area contributed by atoms with Gasteiger partial charge < -0.3 is 9.32 Å². The van der Waals surface area contributed by atoms with Crippen LogP contribution >= 0.6 is 0 Å². The Hall–Kier alpha value is -5.86. The summed E-state index contributed by atoms with van der Waals surface area (Å²) >= 11 is 0. The third kappa shape index (κ3) is 4.48. The molecule has 1 aliphatic rings. The number of hydrogen-bond acceptors (Lipinski definition) is 2. The minimum atomic E-state index is -0.238. The van der Waals surface area contributed by atoms with E-state index >= 15 is 0 Å². The molecule has 0 unspecified atom stereocenters. The van der Waals surface area contributed by atoms with Crippen LogP contribution in [0.5, 0.6) is 0 Å². The molecular formula is C45H33NO. The van der Waals surface area contributed by atoms with Gasteiger partial charge in [-0.1, -0.05) is 123 Å². The molecule has 0 amide bonds. The van der Waals surface area contributed by atoms with E-state index in [-0.39, 0.29) is 5.41 Å². The Labute approximate surface area is 275 Å². The Kier molecular flexibility index (Phi) is 6.20. The van der Waals surface area contributed by atoms with Crippen LogP contribution in [0.3, 0.4) is 0 Å². The summed E-state index contributed by atoms with van der Waals surface area (Å²) in [5.74, 6) is 0. The van der Waals surface area contributed by atoms with E-state index in [1.54, 1.807) is 0 Å². The lowest BCUT2D eigenvalue weighted by atomic mass is 9.72. The van der Waals surface area contributed by atoms with Gasteiger partial charge in [0.2, 0.25) is 0 Å². The first-order valence-corrected chi connectivity index (χ1v) is 16.3.